The molecule has 0 unspecified atom stereocenters. The predicted octanol–water partition coefficient (Wildman–Crippen LogP) is 2.76. The molecule has 1 aliphatic carbocycles. The summed E-state index contributed by atoms with van der Waals surface area (Å²) in [5.41, 5.74) is 5.85. The predicted molar refractivity (Wildman–Crippen MR) is 76.1 cm³/mol. The summed E-state index contributed by atoms with van der Waals surface area (Å²) in [5.74, 6) is 0.0653. The lowest BCUT2D eigenvalue weighted by molar-refractivity contribution is -0.137. The summed E-state index contributed by atoms with van der Waals surface area (Å²) >= 11 is 0. The normalized spacial score (nSPS) is 28.0. The van der Waals surface area contributed by atoms with E-state index in [4.69, 9.17) is 5.73 Å². The molecule has 1 aromatic rings. The van der Waals surface area contributed by atoms with Crippen molar-refractivity contribution in [2.24, 2.45) is 11.7 Å². The number of hydrogen-bond donors (Lipinski definition) is 1. The highest BCUT2D eigenvalue weighted by molar-refractivity contribution is 5.83. The first-order valence-electron chi connectivity index (χ1n) is 7.59. The van der Waals surface area contributed by atoms with Crippen molar-refractivity contribution in [2.75, 3.05) is 13.1 Å². The quantitative estimate of drug-likeness (QED) is 0.933. The minimum Gasteiger partial charge on any atom is -0.338 e. The average molecular weight is 312 g/mol. The third-order valence-corrected chi connectivity index (χ3v) is 4.71. The third-order valence-electron chi connectivity index (χ3n) is 4.71. The van der Waals surface area contributed by atoms with Crippen LogP contribution in [-0.4, -0.2) is 29.9 Å². The van der Waals surface area contributed by atoms with Crippen LogP contribution in [0, 0.1) is 5.92 Å². The average Bonchev–Trinajstić information content (AvgIpc) is 3.15. The second kappa shape index (κ2) is 5.57. The summed E-state index contributed by atoms with van der Waals surface area (Å²) in [5, 5.41) is 0. The molecule has 1 aromatic carbocycles. The number of carbonyl (C=O) groups is 1. The fourth-order valence-corrected chi connectivity index (χ4v) is 3.34. The van der Waals surface area contributed by atoms with Crippen molar-refractivity contribution >= 4 is 5.91 Å². The maximum Gasteiger partial charge on any atom is 0.416 e. The Morgan fingerprint density at radius 2 is 1.95 bits per heavy atom. The van der Waals surface area contributed by atoms with Crippen LogP contribution in [0.2, 0.25) is 0 Å². The van der Waals surface area contributed by atoms with Gasteiger partial charge in [-0.25, -0.2) is 0 Å². The SMILES string of the molecule is NC[C@@H]1CCCN1C(=O)[C@H]1C[C@@H]1c1ccc(C(F)(F)F)cc1. The van der Waals surface area contributed by atoms with E-state index in [0.29, 0.717) is 6.54 Å². The molecule has 1 aliphatic heterocycles. The smallest absolute Gasteiger partial charge is 0.338 e. The van der Waals surface area contributed by atoms with E-state index in [2.05, 4.69) is 0 Å². The van der Waals surface area contributed by atoms with Gasteiger partial charge in [0, 0.05) is 25.0 Å². The summed E-state index contributed by atoms with van der Waals surface area (Å²) < 4.78 is 37.7. The number of nitrogens with two attached hydrogens (primary N) is 1. The zero-order valence-corrected chi connectivity index (χ0v) is 12.1. The van der Waals surface area contributed by atoms with E-state index in [-0.39, 0.29) is 23.8 Å². The molecule has 2 aliphatic rings. The standard InChI is InChI=1S/C16H19F3N2O/c17-16(18,19)11-5-3-10(4-6-11)13-8-14(13)15(22)21-7-1-2-12(21)9-20/h3-6,12-14H,1-2,7-9,20H2/t12-,13+,14-/m0/s1. The second-order valence-electron chi connectivity index (χ2n) is 6.13. The van der Waals surface area contributed by atoms with Crippen molar-refractivity contribution in [1.29, 1.82) is 0 Å². The number of amides is 1. The van der Waals surface area contributed by atoms with Crippen molar-refractivity contribution in [3.63, 3.8) is 0 Å². The van der Waals surface area contributed by atoms with Crippen LogP contribution in [0.3, 0.4) is 0 Å². The molecule has 2 N–H and O–H groups in total. The van der Waals surface area contributed by atoms with Gasteiger partial charge in [-0.15, -0.1) is 0 Å². The minimum absolute atomic E-state index is 0.0498. The van der Waals surface area contributed by atoms with E-state index in [9.17, 15) is 18.0 Å². The molecule has 3 nitrogen and oxygen atoms in total. The lowest BCUT2D eigenvalue weighted by Gasteiger charge is -2.23. The number of rotatable bonds is 3. The molecule has 1 saturated carbocycles. The Morgan fingerprint density at radius 3 is 2.55 bits per heavy atom. The molecule has 1 saturated heterocycles. The minimum atomic E-state index is -4.32. The highest BCUT2D eigenvalue weighted by Crippen LogP contribution is 2.49. The van der Waals surface area contributed by atoms with Crippen LogP contribution in [0.15, 0.2) is 24.3 Å². The highest BCUT2D eigenvalue weighted by Gasteiger charge is 2.47. The number of nitrogens with zero attached hydrogens (tertiary/aromatic N) is 1. The van der Waals surface area contributed by atoms with Gasteiger partial charge in [-0.3, -0.25) is 4.79 Å². The molecule has 0 bridgehead atoms. The molecule has 22 heavy (non-hydrogen) atoms. The third kappa shape index (κ3) is 2.84. The molecule has 120 valence electrons. The molecular formula is C16H19F3N2O. The van der Waals surface area contributed by atoms with E-state index in [1.807, 2.05) is 4.90 Å². The molecule has 3 rings (SSSR count). The van der Waals surface area contributed by atoms with Crippen LogP contribution in [0.5, 0.6) is 0 Å². The Kier molecular flexibility index (Phi) is 3.89. The molecule has 0 radical (unpaired) electrons. The lowest BCUT2D eigenvalue weighted by Crippen LogP contribution is -2.40. The Bertz CT molecular complexity index is 556. The van der Waals surface area contributed by atoms with Gasteiger partial charge in [0.15, 0.2) is 0 Å². The van der Waals surface area contributed by atoms with Crippen molar-refractivity contribution in [3.8, 4) is 0 Å². The number of likely N-dealkylation sites (tertiary alicyclic amines) is 1. The van der Waals surface area contributed by atoms with Gasteiger partial charge in [0.25, 0.3) is 0 Å². The van der Waals surface area contributed by atoms with Gasteiger partial charge in [0.2, 0.25) is 5.91 Å². The summed E-state index contributed by atoms with van der Waals surface area (Å²) in [6.45, 7) is 1.22. The van der Waals surface area contributed by atoms with Gasteiger partial charge in [0.05, 0.1) is 5.56 Å². The molecule has 1 amide bonds. The summed E-state index contributed by atoms with van der Waals surface area (Å²) in [6.07, 6.45) is -1.68. The number of alkyl halides is 3. The van der Waals surface area contributed by atoms with Gasteiger partial charge in [-0.1, -0.05) is 12.1 Å². The van der Waals surface area contributed by atoms with Gasteiger partial charge in [0.1, 0.15) is 0 Å². The van der Waals surface area contributed by atoms with Gasteiger partial charge < -0.3 is 10.6 Å². The van der Waals surface area contributed by atoms with Crippen molar-refractivity contribution in [3.05, 3.63) is 35.4 Å². The van der Waals surface area contributed by atoms with E-state index in [0.717, 1.165) is 43.5 Å². The molecule has 6 heteroatoms. The zero-order valence-electron chi connectivity index (χ0n) is 12.1. The number of halogens is 3. The largest absolute Gasteiger partial charge is 0.416 e. The van der Waals surface area contributed by atoms with Crippen LogP contribution in [0.4, 0.5) is 13.2 Å². The molecule has 3 atom stereocenters. The topological polar surface area (TPSA) is 46.3 Å². The van der Waals surface area contributed by atoms with Crippen LogP contribution in [-0.2, 0) is 11.0 Å². The zero-order chi connectivity index (χ0) is 15.9. The van der Waals surface area contributed by atoms with Crippen molar-refractivity contribution in [2.45, 2.75) is 37.4 Å². The number of carbonyl (C=O) groups excluding carboxylic acids is 1. The Morgan fingerprint density at radius 1 is 1.27 bits per heavy atom. The van der Waals surface area contributed by atoms with Gasteiger partial charge in [-0.2, -0.15) is 13.2 Å². The summed E-state index contributed by atoms with van der Waals surface area (Å²) in [7, 11) is 0. The number of hydrogen-bond acceptors (Lipinski definition) is 2. The molecule has 1 heterocycles. The second-order valence-corrected chi connectivity index (χ2v) is 6.13. The van der Waals surface area contributed by atoms with Crippen molar-refractivity contribution < 1.29 is 18.0 Å². The van der Waals surface area contributed by atoms with E-state index >= 15 is 0 Å². The molecule has 0 spiro atoms. The monoisotopic (exact) mass is 312 g/mol. The first-order valence-corrected chi connectivity index (χ1v) is 7.59. The van der Waals surface area contributed by atoms with Crippen LogP contribution in [0.25, 0.3) is 0 Å². The molecule has 2 fully saturated rings. The van der Waals surface area contributed by atoms with Crippen LogP contribution < -0.4 is 5.73 Å². The van der Waals surface area contributed by atoms with Crippen LogP contribution in [0.1, 0.15) is 36.3 Å². The summed E-state index contributed by atoms with van der Waals surface area (Å²) in [6, 6.07) is 5.29. The molecular weight excluding hydrogens is 293 g/mol. The van der Waals surface area contributed by atoms with E-state index < -0.39 is 11.7 Å². The molecule has 0 aromatic heterocycles. The first-order chi connectivity index (χ1) is 10.4. The Hall–Kier alpha value is -1.56. The Balaban J connectivity index is 1.65. The maximum absolute atomic E-state index is 12.6. The van der Waals surface area contributed by atoms with E-state index in [1.165, 1.54) is 12.1 Å². The lowest BCUT2D eigenvalue weighted by atomic mass is 10.1. The fourth-order valence-electron chi connectivity index (χ4n) is 3.34. The van der Waals surface area contributed by atoms with Gasteiger partial charge in [-0.05, 0) is 42.9 Å². The van der Waals surface area contributed by atoms with Crippen molar-refractivity contribution in [1.82, 2.24) is 4.90 Å². The summed E-state index contributed by atoms with van der Waals surface area (Å²) in [4.78, 5) is 14.3. The fraction of sp³-hybridized carbons (Fsp3) is 0.562. The highest BCUT2D eigenvalue weighted by atomic mass is 19.4. The maximum atomic E-state index is 12.6. The van der Waals surface area contributed by atoms with Crippen LogP contribution >= 0.6 is 0 Å². The van der Waals surface area contributed by atoms with Gasteiger partial charge >= 0.3 is 6.18 Å². The Labute approximate surface area is 127 Å². The van der Waals surface area contributed by atoms with E-state index in [1.54, 1.807) is 0 Å². The number of benzene rings is 1. The first kappa shape index (κ1) is 15.3.